The van der Waals surface area contributed by atoms with Crippen molar-refractivity contribution in [2.24, 2.45) is 0 Å². The summed E-state index contributed by atoms with van der Waals surface area (Å²) in [4.78, 5) is 14.9. The normalized spacial score (nSPS) is 18.1. The molecule has 0 radical (unpaired) electrons. The molecule has 1 fully saturated rings. The minimum absolute atomic E-state index is 0.0308. The lowest BCUT2D eigenvalue weighted by Gasteiger charge is -2.38. The summed E-state index contributed by atoms with van der Waals surface area (Å²) in [5.74, 6) is -0.0308. The quantitative estimate of drug-likeness (QED) is 0.484. The Morgan fingerprint density at radius 2 is 1.57 bits per heavy atom. The third kappa shape index (κ3) is 4.26. The summed E-state index contributed by atoms with van der Waals surface area (Å²) < 4.78 is 33.5. The van der Waals surface area contributed by atoms with Crippen LogP contribution >= 0.6 is 0 Å². The molecule has 1 saturated heterocycles. The first-order chi connectivity index (χ1) is 16.9. The van der Waals surface area contributed by atoms with Crippen molar-refractivity contribution >= 4 is 16.1 Å². The standard InChI is InChI=1S/C28H28N2O4S/c1-3-21-18-29(35(32,33)22-14-12-20(2)13-15-22)16-17-30(21)28(31)34-19-27-25-10-6-4-8-23(25)24-9-5-7-11-26(24)27/h3-15,21,27H,1,16-19H2,2H3/t21-/m0/s1. The zero-order valence-electron chi connectivity index (χ0n) is 19.6. The van der Waals surface area contributed by atoms with Gasteiger partial charge in [-0.3, -0.25) is 4.90 Å². The van der Waals surface area contributed by atoms with Gasteiger partial charge in [0.1, 0.15) is 6.61 Å². The minimum atomic E-state index is -3.66. The zero-order chi connectivity index (χ0) is 24.6. The van der Waals surface area contributed by atoms with Gasteiger partial charge in [0.25, 0.3) is 0 Å². The number of aryl methyl sites for hydroxylation is 1. The van der Waals surface area contributed by atoms with Crippen molar-refractivity contribution < 1.29 is 17.9 Å². The highest BCUT2D eigenvalue weighted by molar-refractivity contribution is 7.89. The lowest BCUT2D eigenvalue weighted by Crippen LogP contribution is -2.55. The summed E-state index contributed by atoms with van der Waals surface area (Å²) in [6.45, 7) is 6.56. The predicted molar refractivity (Wildman–Crippen MR) is 136 cm³/mol. The Morgan fingerprint density at radius 3 is 2.17 bits per heavy atom. The molecule has 0 saturated carbocycles. The molecule has 180 valence electrons. The number of hydrogen-bond acceptors (Lipinski definition) is 4. The van der Waals surface area contributed by atoms with Gasteiger partial charge < -0.3 is 4.74 Å². The molecule has 0 spiro atoms. The molecule has 5 rings (SSSR count). The van der Waals surface area contributed by atoms with Crippen molar-refractivity contribution in [3.05, 3.63) is 102 Å². The number of carbonyl (C=O) groups excluding carboxylic acids is 1. The van der Waals surface area contributed by atoms with Crippen molar-refractivity contribution in [3.63, 3.8) is 0 Å². The number of amides is 1. The Kier molecular flexibility index (Phi) is 6.21. The zero-order valence-corrected chi connectivity index (χ0v) is 20.4. The van der Waals surface area contributed by atoms with Crippen LogP contribution in [0.25, 0.3) is 11.1 Å². The average molecular weight is 489 g/mol. The van der Waals surface area contributed by atoms with E-state index in [9.17, 15) is 13.2 Å². The van der Waals surface area contributed by atoms with Crippen LogP contribution in [0.1, 0.15) is 22.6 Å². The van der Waals surface area contributed by atoms with Crippen molar-refractivity contribution in [2.75, 3.05) is 26.2 Å². The van der Waals surface area contributed by atoms with E-state index in [4.69, 9.17) is 4.74 Å². The van der Waals surface area contributed by atoms with E-state index in [0.29, 0.717) is 0 Å². The molecule has 1 atom stereocenters. The Morgan fingerprint density at radius 1 is 0.971 bits per heavy atom. The van der Waals surface area contributed by atoms with Crippen LogP contribution in [0.3, 0.4) is 0 Å². The van der Waals surface area contributed by atoms with Gasteiger partial charge >= 0.3 is 6.09 Å². The second-order valence-electron chi connectivity index (χ2n) is 8.98. The van der Waals surface area contributed by atoms with Crippen LogP contribution in [0.15, 0.2) is 90.3 Å². The second kappa shape index (κ2) is 9.32. The van der Waals surface area contributed by atoms with E-state index in [1.807, 2.05) is 31.2 Å². The number of benzene rings is 3. The van der Waals surface area contributed by atoms with Crippen molar-refractivity contribution in [1.82, 2.24) is 9.21 Å². The van der Waals surface area contributed by atoms with Crippen LogP contribution in [0, 0.1) is 6.92 Å². The molecular formula is C28H28N2O4S. The number of fused-ring (bicyclic) bond motifs is 3. The van der Waals surface area contributed by atoms with Crippen LogP contribution in [0.2, 0.25) is 0 Å². The topological polar surface area (TPSA) is 66.9 Å². The van der Waals surface area contributed by atoms with E-state index >= 15 is 0 Å². The lowest BCUT2D eigenvalue weighted by atomic mass is 9.98. The third-order valence-electron chi connectivity index (χ3n) is 6.88. The first-order valence-corrected chi connectivity index (χ1v) is 13.1. The van der Waals surface area contributed by atoms with Gasteiger partial charge in [-0.25, -0.2) is 13.2 Å². The molecule has 7 heteroatoms. The Labute approximate surface area is 206 Å². The summed E-state index contributed by atoms with van der Waals surface area (Å²) in [6.07, 6.45) is 1.15. The van der Waals surface area contributed by atoms with Crippen LogP contribution in [0.4, 0.5) is 4.79 Å². The first-order valence-electron chi connectivity index (χ1n) is 11.7. The maximum Gasteiger partial charge on any atom is 0.410 e. The summed E-state index contributed by atoms with van der Waals surface area (Å²) in [5, 5.41) is 0. The molecule has 2 aliphatic rings. The van der Waals surface area contributed by atoms with Gasteiger partial charge in [0.15, 0.2) is 0 Å². The molecule has 0 bridgehead atoms. The molecule has 0 N–H and O–H groups in total. The Bertz CT molecular complexity index is 1320. The highest BCUT2D eigenvalue weighted by Gasteiger charge is 2.36. The maximum atomic E-state index is 13.1. The fourth-order valence-corrected chi connectivity index (χ4v) is 6.42. The van der Waals surface area contributed by atoms with E-state index in [2.05, 4.69) is 30.8 Å². The number of piperazine rings is 1. The SMILES string of the molecule is C=C[C@H]1CN(S(=O)(=O)c2ccc(C)cc2)CCN1C(=O)OCC1c2ccccc2-c2ccccc21. The molecule has 0 unspecified atom stereocenters. The van der Waals surface area contributed by atoms with Gasteiger partial charge in [0.05, 0.1) is 10.9 Å². The molecule has 1 amide bonds. The molecule has 1 aliphatic carbocycles. The van der Waals surface area contributed by atoms with Gasteiger partial charge in [-0.05, 0) is 41.3 Å². The lowest BCUT2D eigenvalue weighted by molar-refractivity contribution is 0.0733. The van der Waals surface area contributed by atoms with Crippen molar-refractivity contribution in [1.29, 1.82) is 0 Å². The molecule has 35 heavy (non-hydrogen) atoms. The predicted octanol–water partition coefficient (Wildman–Crippen LogP) is 4.81. The van der Waals surface area contributed by atoms with E-state index in [1.165, 1.54) is 15.4 Å². The average Bonchev–Trinajstić information content (AvgIpc) is 3.21. The third-order valence-corrected chi connectivity index (χ3v) is 8.76. The fourth-order valence-electron chi connectivity index (χ4n) is 4.97. The van der Waals surface area contributed by atoms with Gasteiger partial charge in [-0.2, -0.15) is 4.31 Å². The van der Waals surface area contributed by atoms with Crippen LogP contribution in [0.5, 0.6) is 0 Å². The number of rotatable bonds is 5. The highest BCUT2D eigenvalue weighted by Crippen LogP contribution is 2.44. The number of sulfonamides is 1. The van der Waals surface area contributed by atoms with Gasteiger partial charge in [-0.15, -0.1) is 6.58 Å². The summed E-state index contributed by atoms with van der Waals surface area (Å²) in [5.41, 5.74) is 5.63. The summed E-state index contributed by atoms with van der Waals surface area (Å²) in [6, 6.07) is 22.7. The Hall–Kier alpha value is -3.42. The van der Waals surface area contributed by atoms with Gasteiger partial charge in [-0.1, -0.05) is 72.3 Å². The number of carbonyl (C=O) groups is 1. The van der Waals surface area contributed by atoms with Crippen molar-refractivity contribution in [2.45, 2.75) is 23.8 Å². The van der Waals surface area contributed by atoms with Crippen LogP contribution < -0.4 is 0 Å². The van der Waals surface area contributed by atoms with E-state index in [0.717, 1.165) is 16.7 Å². The summed E-state index contributed by atoms with van der Waals surface area (Å²) >= 11 is 0. The molecule has 1 aliphatic heterocycles. The second-order valence-corrected chi connectivity index (χ2v) is 10.9. The highest BCUT2D eigenvalue weighted by atomic mass is 32.2. The van der Waals surface area contributed by atoms with Gasteiger partial charge in [0, 0.05) is 25.6 Å². The minimum Gasteiger partial charge on any atom is -0.448 e. The molecule has 3 aromatic carbocycles. The number of ether oxygens (including phenoxy) is 1. The van der Waals surface area contributed by atoms with Crippen molar-refractivity contribution in [3.8, 4) is 11.1 Å². The summed E-state index contributed by atoms with van der Waals surface area (Å²) in [7, 11) is -3.66. The van der Waals surface area contributed by atoms with Crippen LogP contribution in [-0.4, -0.2) is 56.0 Å². The first kappa shape index (κ1) is 23.3. The van der Waals surface area contributed by atoms with E-state index in [-0.39, 0.29) is 37.1 Å². The van der Waals surface area contributed by atoms with Crippen LogP contribution in [-0.2, 0) is 14.8 Å². The molecule has 6 nitrogen and oxygen atoms in total. The number of hydrogen-bond donors (Lipinski definition) is 0. The monoisotopic (exact) mass is 488 g/mol. The molecule has 0 aromatic heterocycles. The fraction of sp³-hybridized carbons (Fsp3) is 0.250. The largest absolute Gasteiger partial charge is 0.448 e. The molecular weight excluding hydrogens is 460 g/mol. The van der Waals surface area contributed by atoms with Gasteiger partial charge in [0.2, 0.25) is 10.0 Å². The maximum absolute atomic E-state index is 13.1. The molecule has 3 aromatic rings. The Balaban J connectivity index is 1.28. The molecule has 1 heterocycles. The number of nitrogens with zero attached hydrogens (tertiary/aromatic N) is 2. The smallest absolute Gasteiger partial charge is 0.410 e. The van der Waals surface area contributed by atoms with E-state index < -0.39 is 22.2 Å². The van der Waals surface area contributed by atoms with E-state index in [1.54, 1.807) is 35.2 Å².